The minimum atomic E-state index is -0.652. The molecular formula is C22H24N2O3S. The Morgan fingerprint density at radius 2 is 1.82 bits per heavy atom. The third-order valence-corrected chi connectivity index (χ3v) is 5.27. The van der Waals surface area contributed by atoms with Gasteiger partial charge in [-0.1, -0.05) is 48.5 Å². The van der Waals surface area contributed by atoms with E-state index in [2.05, 4.69) is 22.0 Å². The molecule has 6 heteroatoms. The second-order valence-corrected chi connectivity index (χ2v) is 7.49. The van der Waals surface area contributed by atoms with Gasteiger partial charge in [0.15, 0.2) is 0 Å². The zero-order chi connectivity index (χ0) is 19.9. The van der Waals surface area contributed by atoms with Crippen molar-refractivity contribution in [2.45, 2.75) is 19.0 Å². The lowest BCUT2D eigenvalue weighted by Crippen LogP contribution is -2.41. The monoisotopic (exact) mass is 396 g/mol. The minimum absolute atomic E-state index is 0.264. The number of nitrogens with zero attached hydrogens (tertiary/aromatic N) is 1. The fourth-order valence-corrected chi connectivity index (χ4v) is 3.67. The van der Waals surface area contributed by atoms with Gasteiger partial charge in [-0.15, -0.1) is 0 Å². The predicted octanol–water partition coefficient (Wildman–Crippen LogP) is 3.71. The molecule has 0 aliphatic rings. The maximum Gasteiger partial charge on any atom is 0.328 e. The van der Waals surface area contributed by atoms with Crippen LogP contribution in [0.15, 0.2) is 60.8 Å². The molecule has 146 valence electrons. The lowest BCUT2D eigenvalue weighted by molar-refractivity contribution is -0.142. The Morgan fingerprint density at radius 1 is 1.11 bits per heavy atom. The minimum Gasteiger partial charge on any atom is -0.467 e. The summed E-state index contributed by atoms with van der Waals surface area (Å²) in [6, 6.07) is 17.3. The Bertz CT molecular complexity index is 953. The summed E-state index contributed by atoms with van der Waals surface area (Å²) in [7, 11) is 1.34. The van der Waals surface area contributed by atoms with Crippen LogP contribution >= 0.6 is 11.8 Å². The zero-order valence-electron chi connectivity index (χ0n) is 16.1. The smallest absolute Gasteiger partial charge is 0.328 e. The van der Waals surface area contributed by atoms with Gasteiger partial charge in [-0.2, -0.15) is 11.8 Å². The molecule has 1 unspecified atom stereocenters. The number of para-hydroxylation sites is 1. The molecule has 2 aromatic carbocycles. The molecule has 3 rings (SSSR count). The van der Waals surface area contributed by atoms with Crippen molar-refractivity contribution in [3.8, 4) is 0 Å². The Hall–Kier alpha value is -2.73. The van der Waals surface area contributed by atoms with Crippen LogP contribution in [0.2, 0.25) is 0 Å². The molecule has 1 amide bonds. The summed E-state index contributed by atoms with van der Waals surface area (Å²) in [5.74, 6) is 0.0745. The molecule has 0 aliphatic carbocycles. The highest BCUT2D eigenvalue weighted by Crippen LogP contribution is 2.23. The second kappa shape index (κ2) is 9.46. The number of aromatic nitrogens is 1. The zero-order valence-corrected chi connectivity index (χ0v) is 16.9. The first-order chi connectivity index (χ1) is 13.6. The molecule has 0 radical (unpaired) electrons. The number of hydrogen-bond donors (Lipinski definition) is 1. The van der Waals surface area contributed by atoms with E-state index in [9.17, 15) is 9.59 Å². The van der Waals surface area contributed by atoms with E-state index in [0.717, 1.165) is 22.2 Å². The number of thioether (sulfide) groups is 1. The highest BCUT2D eigenvalue weighted by molar-refractivity contribution is 7.98. The van der Waals surface area contributed by atoms with Crippen LogP contribution in [-0.4, -0.2) is 41.6 Å². The SMILES string of the molecule is COC(=O)C(CCSC)NC(=O)c1cn(Cc2ccccc2)c2ccccc12. The molecule has 0 fully saturated rings. The number of esters is 1. The summed E-state index contributed by atoms with van der Waals surface area (Å²) in [4.78, 5) is 25.0. The summed E-state index contributed by atoms with van der Waals surface area (Å²) in [6.07, 6.45) is 4.35. The Morgan fingerprint density at radius 3 is 2.54 bits per heavy atom. The lowest BCUT2D eigenvalue weighted by Gasteiger charge is -2.15. The number of fused-ring (bicyclic) bond motifs is 1. The van der Waals surface area contributed by atoms with Crippen LogP contribution in [-0.2, 0) is 16.1 Å². The van der Waals surface area contributed by atoms with Crippen molar-refractivity contribution in [1.29, 1.82) is 0 Å². The van der Waals surface area contributed by atoms with E-state index < -0.39 is 12.0 Å². The number of benzene rings is 2. The molecule has 0 spiro atoms. The second-order valence-electron chi connectivity index (χ2n) is 6.50. The van der Waals surface area contributed by atoms with E-state index in [1.165, 1.54) is 7.11 Å². The van der Waals surface area contributed by atoms with Crippen LogP contribution in [0, 0.1) is 0 Å². The molecule has 0 saturated heterocycles. The highest BCUT2D eigenvalue weighted by atomic mass is 32.2. The lowest BCUT2D eigenvalue weighted by atomic mass is 10.1. The van der Waals surface area contributed by atoms with Crippen molar-refractivity contribution >= 4 is 34.5 Å². The van der Waals surface area contributed by atoms with E-state index in [0.29, 0.717) is 18.5 Å². The molecule has 1 atom stereocenters. The van der Waals surface area contributed by atoms with Gasteiger partial charge < -0.3 is 14.6 Å². The van der Waals surface area contributed by atoms with Crippen molar-refractivity contribution < 1.29 is 14.3 Å². The van der Waals surface area contributed by atoms with Crippen molar-refractivity contribution in [1.82, 2.24) is 9.88 Å². The summed E-state index contributed by atoms with van der Waals surface area (Å²) < 4.78 is 6.91. The van der Waals surface area contributed by atoms with Crippen LogP contribution in [0.4, 0.5) is 0 Å². The number of ether oxygens (including phenoxy) is 1. The Labute approximate surface area is 169 Å². The maximum absolute atomic E-state index is 13.0. The van der Waals surface area contributed by atoms with Gasteiger partial charge in [0.1, 0.15) is 6.04 Å². The molecule has 5 nitrogen and oxygen atoms in total. The first-order valence-electron chi connectivity index (χ1n) is 9.13. The van der Waals surface area contributed by atoms with Gasteiger partial charge in [0.05, 0.1) is 12.7 Å². The van der Waals surface area contributed by atoms with Crippen molar-refractivity contribution in [3.63, 3.8) is 0 Å². The van der Waals surface area contributed by atoms with Crippen LogP contribution < -0.4 is 5.32 Å². The molecule has 1 heterocycles. The summed E-state index contributed by atoms with van der Waals surface area (Å²) in [5.41, 5.74) is 2.70. The summed E-state index contributed by atoms with van der Waals surface area (Å²) >= 11 is 1.63. The number of carbonyl (C=O) groups is 2. The van der Waals surface area contributed by atoms with Crippen LogP contribution in [0.25, 0.3) is 10.9 Å². The van der Waals surface area contributed by atoms with Crippen LogP contribution in [0.5, 0.6) is 0 Å². The van der Waals surface area contributed by atoms with Gasteiger partial charge in [-0.05, 0) is 30.1 Å². The molecule has 1 aromatic heterocycles. The molecule has 0 aliphatic heterocycles. The number of carbonyl (C=O) groups excluding carboxylic acids is 2. The molecule has 3 aromatic rings. The van der Waals surface area contributed by atoms with Gasteiger partial charge in [0, 0.05) is 23.6 Å². The average Bonchev–Trinajstić information content (AvgIpc) is 3.10. The van der Waals surface area contributed by atoms with Gasteiger partial charge in [0.25, 0.3) is 5.91 Å². The van der Waals surface area contributed by atoms with Gasteiger partial charge in [-0.3, -0.25) is 4.79 Å². The van der Waals surface area contributed by atoms with E-state index in [4.69, 9.17) is 4.74 Å². The quantitative estimate of drug-likeness (QED) is 0.590. The highest BCUT2D eigenvalue weighted by Gasteiger charge is 2.23. The van der Waals surface area contributed by atoms with Crippen LogP contribution in [0.1, 0.15) is 22.3 Å². The Balaban J connectivity index is 1.89. The van der Waals surface area contributed by atoms with Gasteiger partial charge in [0.2, 0.25) is 0 Å². The molecule has 28 heavy (non-hydrogen) atoms. The Kier molecular flexibility index (Phi) is 6.76. The predicted molar refractivity (Wildman–Crippen MR) is 114 cm³/mol. The number of methoxy groups -OCH3 is 1. The number of rotatable bonds is 8. The number of nitrogens with one attached hydrogen (secondary N) is 1. The molecule has 0 saturated carbocycles. The normalized spacial score (nSPS) is 11.9. The summed E-state index contributed by atoms with van der Waals surface area (Å²) in [6.45, 7) is 0.668. The largest absolute Gasteiger partial charge is 0.467 e. The topological polar surface area (TPSA) is 60.3 Å². The van der Waals surface area contributed by atoms with Crippen LogP contribution in [0.3, 0.4) is 0 Å². The summed E-state index contributed by atoms with van der Waals surface area (Å²) in [5, 5.41) is 3.71. The maximum atomic E-state index is 13.0. The van der Waals surface area contributed by atoms with E-state index in [1.54, 1.807) is 11.8 Å². The fraction of sp³-hybridized carbons (Fsp3) is 0.273. The first-order valence-corrected chi connectivity index (χ1v) is 10.5. The third-order valence-electron chi connectivity index (χ3n) is 4.63. The van der Waals surface area contributed by atoms with E-state index >= 15 is 0 Å². The molecular weight excluding hydrogens is 372 g/mol. The van der Waals surface area contributed by atoms with Gasteiger partial charge in [-0.25, -0.2) is 4.79 Å². The van der Waals surface area contributed by atoms with Crippen molar-refractivity contribution in [2.75, 3.05) is 19.1 Å². The third kappa shape index (κ3) is 4.57. The van der Waals surface area contributed by atoms with Crippen molar-refractivity contribution in [3.05, 3.63) is 71.9 Å². The standard InChI is InChI=1S/C22H24N2O3S/c1-27-22(26)19(12-13-28-2)23-21(25)18-15-24(14-16-8-4-3-5-9-16)20-11-7-6-10-17(18)20/h3-11,15,19H,12-14H2,1-2H3,(H,23,25). The number of amides is 1. The average molecular weight is 397 g/mol. The first kappa shape index (κ1) is 20.0. The fourth-order valence-electron chi connectivity index (χ4n) is 3.20. The molecule has 1 N–H and O–H groups in total. The van der Waals surface area contributed by atoms with E-state index in [-0.39, 0.29) is 5.91 Å². The van der Waals surface area contributed by atoms with Gasteiger partial charge >= 0.3 is 5.97 Å². The van der Waals surface area contributed by atoms with E-state index in [1.807, 2.05) is 54.9 Å². The number of hydrogen-bond acceptors (Lipinski definition) is 4. The van der Waals surface area contributed by atoms with Crippen molar-refractivity contribution in [2.24, 2.45) is 0 Å². The molecule has 0 bridgehead atoms.